The lowest BCUT2D eigenvalue weighted by molar-refractivity contribution is 0.104. The van der Waals surface area contributed by atoms with E-state index in [-0.39, 0.29) is 32.1 Å². The Morgan fingerprint density at radius 1 is 1.17 bits per heavy atom. The molecule has 148 valence electrons. The van der Waals surface area contributed by atoms with Crippen LogP contribution in [-0.4, -0.2) is 17.9 Å². The van der Waals surface area contributed by atoms with Crippen molar-refractivity contribution in [3.63, 3.8) is 0 Å². The zero-order valence-corrected chi connectivity index (χ0v) is 17.3. The van der Waals surface area contributed by atoms with Gasteiger partial charge in [-0.25, -0.2) is 13.8 Å². The van der Waals surface area contributed by atoms with E-state index in [0.29, 0.717) is 26.2 Å². The van der Waals surface area contributed by atoms with Crippen LogP contribution in [0.2, 0.25) is 4.34 Å². The fourth-order valence-corrected chi connectivity index (χ4v) is 5.08. The molecule has 0 amide bonds. The fourth-order valence-electron chi connectivity index (χ4n) is 2.95. The molecule has 0 fully saturated rings. The largest absolute Gasteiger partial charge is 0.497 e. The number of anilines is 1. The quantitative estimate of drug-likeness (QED) is 0.355. The van der Waals surface area contributed by atoms with Gasteiger partial charge in [0.1, 0.15) is 15.5 Å². The summed E-state index contributed by atoms with van der Waals surface area (Å²) in [5.74, 6) is 0.292. The van der Waals surface area contributed by atoms with Crippen molar-refractivity contribution in [2.45, 2.75) is 6.43 Å². The predicted molar refractivity (Wildman–Crippen MR) is 114 cm³/mol. The van der Waals surface area contributed by atoms with E-state index in [1.807, 2.05) is 0 Å². The molecule has 0 spiro atoms. The van der Waals surface area contributed by atoms with Gasteiger partial charge in [0.2, 0.25) is 5.78 Å². The average Bonchev–Trinajstić information content (AvgIpc) is 3.30. The van der Waals surface area contributed by atoms with Crippen LogP contribution < -0.4 is 10.5 Å². The molecule has 3 aromatic heterocycles. The summed E-state index contributed by atoms with van der Waals surface area (Å²) in [7, 11) is 1.54. The molecule has 0 radical (unpaired) electrons. The van der Waals surface area contributed by atoms with Gasteiger partial charge in [-0.2, -0.15) is 0 Å². The first-order valence-corrected chi connectivity index (χ1v) is 10.4. The van der Waals surface area contributed by atoms with Crippen molar-refractivity contribution in [3.05, 3.63) is 62.1 Å². The van der Waals surface area contributed by atoms with Crippen molar-refractivity contribution in [1.82, 2.24) is 4.98 Å². The molecule has 0 saturated heterocycles. The topological polar surface area (TPSA) is 65.2 Å². The fraction of sp³-hybridized carbons (Fsp3) is 0.100. The van der Waals surface area contributed by atoms with E-state index >= 15 is 0 Å². The Hall–Kier alpha value is -2.55. The number of nitrogens with two attached hydrogens (primary N) is 1. The third-order valence-electron chi connectivity index (χ3n) is 4.35. The molecule has 4 nitrogen and oxygen atoms in total. The highest BCUT2D eigenvalue weighted by Gasteiger charge is 2.25. The summed E-state index contributed by atoms with van der Waals surface area (Å²) in [4.78, 5) is 18.2. The van der Waals surface area contributed by atoms with Gasteiger partial charge >= 0.3 is 0 Å². The first-order valence-electron chi connectivity index (χ1n) is 8.34. The second kappa shape index (κ2) is 7.70. The third kappa shape index (κ3) is 3.59. The standard InChI is InChI=1S/C20H13ClF2N2O2S2/c1-27-10-4-2-9(3-5-10)12-8-11(19(22)23)15-16(24)18(29-20(15)25-12)17(26)13-6-7-14(21)28-13/h2-8,19H,24H2,1H3. The number of fused-ring (bicyclic) bond motifs is 1. The molecule has 1 aromatic carbocycles. The van der Waals surface area contributed by atoms with E-state index in [2.05, 4.69) is 4.98 Å². The summed E-state index contributed by atoms with van der Waals surface area (Å²) in [6, 6.07) is 11.4. The summed E-state index contributed by atoms with van der Waals surface area (Å²) in [5.41, 5.74) is 6.91. The number of hydrogen-bond donors (Lipinski definition) is 1. The number of benzene rings is 1. The van der Waals surface area contributed by atoms with Crippen LogP contribution in [0.5, 0.6) is 5.75 Å². The highest BCUT2D eigenvalue weighted by atomic mass is 35.5. The summed E-state index contributed by atoms with van der Waals surface area (Å²) in [5, 5.41) is 0.119. The van der Waals surface area contributed by atoms with Crippen molar-refractivity contribution in [1.29, 1.82) is 0 Å². The second-order valence-electron chi connectivity index (χ2n) is 6.08. The van der Waals surface area contributed by atoms with Gasteiger partial charge in [0.05, 0.1) is 27.7 Å². The van der Waals surface area contributed by atoms with Crippen LogP contribution in [0.1, 0.15) is 26.5 Å². The number of rotatable bonds is 5. The van der Waals surface area contributed by atoms with Crippen LogP contribution in [0.4, 0.5) is 14.5 Å². The molecule has 0 bridgehead atoms. The van der Waals surface area contributed by atoms with Crippen molar-refractivity contribution in [3.8, 4) is 17.0 Å². The molecule has 9 heteroatoms. The highest BCUT2D eigenvalue weighted by molar-refractivity contribution is 7.23. The van der Waals surface area contributed by atoms with Crippen molar-refractivity contribution >= 4 is 56.0 Å². The molecule has 0 unspecified atom stereocenters. The van der Waals surface area contributed by atoms with Gasteiger partial charge in [0, 0.05) is 16.5 Å². The van der Waals surface area contributed by atoms with Crippen LogP contribution >= 0.6 is 34.3 Å². The average molecular weight is 451 g/mol. The number of ketones is 1. The zero-order chi connectivity index (χ0) is 20.7. The Kier molecular flexibility index (Phi) is 5.24. The minimum atomic E-state index is -2.77. The van der Waals surface area contributed by atoms with Crippen molar-refractivity contribution < 1.29 is 18.3 Å². The van der Waals surface area contributed by atoms with Gasteiger partial charge in [-0.15, -0.1) is 22.7 Å². The summed E-state index contributed by atoms with van der Waals surface area (Å²) in [6.45, 7) is 0. The molecule has 0 aliphatic heterocycles. The van der Waals surface area contributed by atoms with Gasteiger partial charge in [0.15, 0.2) is 0 Å². The lowest BCUT2D eigenvalue weighted by atomic mass is 10.1. The predicted octanol–water partition coefficient (Wildman–Crippen LogP) is 6.44. The second-order valence-corrected chi connectivity index (χ2v) is 8.80. The van der Waals surface area contributed by atoms with Gasteiger partial charge < -0.3 is 10.5 Å². The van der Waals surface area contributed by atoms with E-state index in [4.69, 9.17) is 22.1 Å². The van der Waals surface area contributed by atoms with E-state index < -0.39 is 6.43 Å². The van der Waals surface area contributed by atoms with Gasteiger partial charge in [-0.1, -0.05) is 11.6 Å². The van der Waals surface area contributed by atoms with Crippen LogP contribution in [0.15, 0.2) is 42.5 Å². The Labute approximate surface area is 177 Å². The Morgan fingerprint density at radius 3 is 2.48 bits per heavy atom. The number of methoxy groups -OCH3 is 1. The van der Waals surface area contributed by atoms with Gasteiger partial charge in [-0.05, 0) is 42.5 Å². The molecule has 0 aliphatic carbocycles. The minimum absolute atomic E-state index is 0.0172. The lowest BCUT2D eigenvalue weighted by Crippen LogP contribution is -2.00. The summed E-state index contributed by atoms with van der Waals surface area (Å²) >= 11 is 8.02. The maximum atomic E-state index is 13.8. The van der Waals surface area contributed by atoms with Crippen LogP contribution in [0, 0.1) is 0 Å². The zero-order valence-electron chi connectivity index (χ0n) is 14.9. The number of hydrogen-bond acceptors (Lipinski definition) is 6. The first-order chi connectivity index (χ1) is 13.9. The smallest absolute Gasteiger partial charge is 0.264 e. The molecular weight excluding hydrogens is 438 g/mol. The molecule has 4 rings (SSSR count). The number of nitrogen functional groups attached to an aromatic ring is 1. The number of halogens is 3. The summed E-state index contributed by atoms with van der Waals surface area (Å²) in [6.07, 6.45) is -2.77. The number of thiophene rings is 2. The molecule has 29 heavy (non-hydrogen) atoms. The number of pyridine rings is 1. The number of nitrogens with zero attached hydrogens (tertiary/aromatic N) is 1. The molecule has 2 N–H and O–H groups in total. The van der Waals surface area contributed by atoms with Gasteiger partial charge in [-0.3, -0.25) is 4.79 Å². The monoisotopic (exact) mass is 450 g/mol. The van der Waals surface area contributed by atoms with Crippen molar-refractivity contribution in [2.24, 2.45) is 0 Å². The maximum Gasteiger partial charge on any atom is 0.264 e. The lowest BCUT2D eigenvalue weighted by Gasteiger charge is -2.08. The normalized spacial score (nSPS) is 11.3. The molecule has 0 atom stereocenters. The Bertz CT molecular complexity index is 1220. The molecule has 3 heterocycles. The number of carbonyl (C=O) groups is 1. The summed E-state index contributed by atoms with van der Waals surface area (Å²) < 4.78 is 33.2. The minimum Gasteiger partial charge on any atom is -0.497 e. The number of aromatic nitrogens is 1. The highest BCUT2D eigenvalue weighted by Crippen LogP contribution is 2.42. The molecule has 0 aliphatic rings. The molecule has 4 aromatic rings. The van der Waals surface area contributed by atoms with Gasteiger partial charge in [0.25, 0.3) is 6.43 Å². The molecule has 0 saturated carbocycles. The van der Waals surface area contributed by atoms with E-state index in [0.717, 1.165) is 22.7 Å². The Balaban J connectivity index is 1.88. The van der Waals surface area contributed by atoms with E-state index in [9.17, 15) is 13.6 Å². The van der Waals surface area contributed by atoms with Crippen molar-refractivity contribution in [2.75, 3.05) is 12.8 Å². The van der Waals surface area contributed by atoms with Crippen LogP contribution in [-0.2, 0) is 0 Å². The number of ether oxygens (including phenoxy) is 1. The SMILES string of the molecule is COc1ccc(-c2cc(C(F)F)c3c(N)c(C(=O)c4ccc(Cl)s4)sc3n2)cc1. The van der Waals surface area contributed by atoms with Crippen LogP contribution in [0.25, 0.3) is 21.5 Å². The van der Waals surface area contributed by atoms with E-state index in [1.165, 1.54) is 6.07 Å². The van der Waals surface area contributed by atoms with Crippen LogP contribution in [0.3, 0.4) is 0 Å². The number of carbonyl (C=O) groups excluding carboxylic acids is 1. The third-order valence-corrected chi connectivity index (χ3v) is 6.68. The first kappa shape index (κ1) is 19.8. The molecular formula is C20H13ClF2N2O2S2. The van der Waals surface area contributed by atoms with E-state index in [1.54, 1.807) is 43.5 Å². The number of alkyl halides is 2. The maximum absolute atomic E-state index is 13.8. The Morgan fingerprint density at radius 2 is 1.90 bits per heavy atom.